The summed E-state index contributed by atoms with van der Waals surface area (Å²) < 4.78 is 15.7. The second kappa shape index (κ2) is 8.20. The van der Waals surface area contributed by atoms with Crippen molar-refractivity contribution in [2.75, 3.05) is 12.0 Å². The number of non-ortho nitro benzene ring substituents is 1. The molecule has 0 bridgehead atoms. The lowest BCUT2D eigenvalue weighted by molar-refractivity contribution is -0.384. The number of carbonyl (C=O) groups excluding carboxylic acids is 2. The minimum atomic E-state index is -0.802. The number of ether oxygens (including phenoxy) is 3. The van der Waals surface area contributed by atoms with Crippen molar-refractivity contribution in [2.24, 2.45) is 5.10 Å². The predicted octanol–water partition coefficient (Wildman–Crippen LogP) is 1.25. The average molecular weight is 351 g/mol. The van der Waals surface area contributed by atoms with Crippen molar-refractivity contribution in [3.63, 3.8) is 0 Å². The van der Waals surface area contributed by atoms with Gasteiger partial charge >= 0.3 is 11.9 Å². The fourth-order valence-electron chi connectivity index (χ4n) is 2.23. The van der Waals surface area contributed by atoms with E-state index in [1.165, 1.54) is 44.3 Å². The zero-order valence-corrected chi connectivity index (χ0v) is 13.6. The molecular formula is C15H17N3O7. The quantitative estimate of drug-likeness (QED) is 0.351. The number of hydrazone groups is 1. The van der Waals surface area contributed by atoms with Crippen LogP contribution in [-0.4, -0.2) is 48.0 Å². The zero-order chi connectivity index (χ0) is 18.4. The van der Waals surface area contributed by atoms with Crippen LogP contribution < -0.4 is 5.43 Å². The third kappa shape index (κ3) is 5.24. The summed E-state index contributed by atoms with van der Waals surface area (Å²) in [5.74, 6) is -1.04. The van der Waals surface area contributed by atoms with E-state index in [2.05, 4.69) is 10.5 Å². The Hall–Kier alpha value is -3.01. The van der Waals surface area contributed by atoms with E-state index < -0.39 is 35.2 Å². The molecule has 1 heterocycles. The molecule has 0 radical (unpaired) electrons. The second-order valence-corrected chi connectivity index (χ2v) is 5.21. The number of carbonyl (C=O) groups is 2. The summed E-state index contributed by atoms with van der Waals surface area (Å²) in [6, 6.07) is 5.66. The van der Waals surface area contributed by atoms with Crippen LogP contribution in [0.15, 0.2) is 29.4 Å². The van der Waals surface area contributed by atoms with Crippen molar-refractivity contribution in [1.82, 2.24) is 0 Å². The van der Waals surface area contributed by atoms with E-state index in [-0.39, 0.29) is 12.3 Å². The Morgan fingerprint density at radius 1 is 1.28 bits per heavy atom. The summed E-state index contributed by atoms with van der Waals surface area (Å²) in [7, 11) is 0. The highest BCUT2D eigenvalue weighted by Gasteiger charge is 2.41. The zero-order valence-electron chi connectivity index (χ0n) is 13.6. The molecule has 25 heavy (non-hydrogen) atoms. The van der Waals surface area contributed by atoms with Gasteiger partial charge < -0.3 is 14.2 Å². The van der Waals surface area contributed by atoms with E-state index in [9.17, 15) is 19.7 Å². The molecular weight excluding hydrogens is 334 g/mol. The van der Waals surface area contributed by atoms with E-state index >= 15 is 0 Å². The number of nitro benzene ring substituents is 1. The van der Waals surface area contributed by atoms with Gasteiger partial charge in [-0.2, -0.15) is 5.10 Å². The summed E-state index contributed by atoms with van der Waals surface area (Å²) in [5.41, 5.74) is 3.18. The number of benzene rings is 1. The van der Waals surface area contributed by atoms with Crippen LogP contribution in [0.3, 0.4) is 0 Å². The predicted molar refractivity (Wildman–Crippen MR) is 86.1 cm³/mol. The van der Waals surface area contributed by atoms with Gasteiger partial charge in [0, 0.05) is 26.0 Å². The third-order valence-corrected chi connectivity index (χ3v) is 3.26. The molecule has 134 valence electrons. The third-order valence-electron chi connectivity index (χ3n) is 3.26. The Morgan fingerprint density at radius 3 is 2.48 bits per heavy atom. The number of rotatable bonds is 6. The number of hydrogen-bond acceptors (Lipinski definition) is 9. The Kier molecular flexibility index (Phi) is 6.01. The van der Waals surface area contributed by atoms with Crippen LogP contribution >= 0.6 is 0 Å². The molecule has 10 heteroatoms. The molecule has 1 aromatic carbocycles. The van der Waals surface area contributed by atoms with Crippen molar-refractivity contribution >= 4 is 29.5 Å². The Labute approximate surface area is 142 Å². The number of anilines is 1. The second-order valence-electron chi connectivity index (χ2n) is 5.21. The Bertz CT molecular complexity index is 674. The van der Waals surface area contributed by atoms with E-state index in [0.717, 1.165) is 0 Å². The molecule has 1 N–H and O–H groups in total. The van der Waals surface area contributed by atoms with Crippen molar-refractivity contribution in [1.29, 1.82) is 0 Å². The van der Waals surface area contributed by atoms with Crippen LogP contribution in [0.5, 0.6) is 0 Å². The fourth-order valence-corrected chi connectivity index (χ4v) is 2.23. The van der Waals surface area contributed by atoms with Gasteiger partial charge in [0.05, 0.1) is 23.4 Å². The van der Waals surface area contributed by atoms with Crippen LogP contribution in [0.1, 0.15) is 13.8 Å². The molecule has 1 aliphatic heterocycles. The summed E-state index contributed by atoms with van der Waals surface area (Å²) in [5, 5.41) is 14.6. The molecule has 1 saturated heterocycles. The highest BCUT2D eigenvalue weighted by atomic mass is 16.6. The van der Waals surface area contributed by atoms with Crippen LogP contribution in [-0.2, 0) is 23.8 Å². The molecule has 0 aromatic heterocycles. The maximum absolute atomic E-state index is 11.2. The highest BCUT2D eigenvalue weighted by Crippen LogP contribution is 2.21. The van der Waals surface area contributed by atoms with Gasteiger partial charge in [0.1, 0.15) is 6.10 Å². The molecule has 0 spiro atoms. The van der Waals surface area contributed by atoms with Gasteiger partial charge in [0.15, 0.2) is 12.2 Å². The largest absolute Gasteiger partial charge is 0.456 e. The van der Waals surface area contributed by atoms with Crippen molar-refractivity contribution in [3.8, 4) is 0 Å². The van der Waals surface area contributed by atoms with Gasteiger partial charge in [-0.1, -0.05) is 0 Å². The molecule has 10 nitrogen and oxygen atoms in total. The number of nitrogens with zero attached hydrogens (tertiary/aromatic N) is 2. The molecule has 1 aliphatic rings. The lowest BCUT2D eigenvalue weighted by atomic mass is 10.1. The maximum Gasteiger partial charge on any atom is 0.303 e. The first-order valence-corrected chi connectivity index (χ1v) is 7.36. The van der Waals surface area contributed by atoms with Gasteiger partial charge in [-0.3, -0.25) is 25.1 Å². The van der Waals surface area contributed by atoms with Crippen molar-refractivity contribution in [2.45, 2.75) is 32.2 Å². The molecule has 1 unspecified atom stereocenters. The Morgan fingerprint density at radius 2 is 1.92 bits per heavy atom. The molecule has 0 aliphatic carbocycles. The van der Waals surface area contributed by atoms with Gasteiger partial charge in [-0.05, 0) is 12.1 Å². The lowest BCUT2D eigenvalue weighted by Crippen LogP contribution is -2.38. The number of nitro groups is 1. The van der Waals surface area contributed by atoms with E-state index in [0.29, 0.717) is 5.69 Å². The monoisotopic (exact) mass is 351 g/mol. The minimum Gasteiger partial charge on any atom is -0.456 e. The van der Waals surface area contributed by atoms with Gasteiger partial charge in [-0.15, -0.1) is 0 Å². The molecule has 1 aromatic rings. The summed E-state index contributed by atoms with van der Waals surface area (Å²) in [6.07, 6.45) is -0.835. The normalized spacial score (nSPS) is 22.6. The van der Waals surface area contributed by atoms with Gasteiger partial charge in [0.2, 0.25) is 0 Å². The standard InChI is InChI=1S/C15H17N3O7/c1-9(19)24-14-8-23-13(15(14)25-10(2)20)7-16-17-11-3-5-12(6-4-11)18(21)22/h3-7,13-15,17H,8H2,1-2H3/b16-7+/t13?,14-,15-/m1/s1. The molecule has 0 saturated carbocycles. The maximum atomic E-state index is 11.2. The number of esters is 2. The number of hydrogen-bond donors (Lipinski definition) is 1. The SMILES string of the molecule is CC(=O)O[C@@H]1C(/C=N/Nc2ccc([N+](=O)[O-])cc2)OC[C@H]1OC(C)=O. The smallest absolute Gasteiger partial charge is 0.303 e. The van der Waals surface area contributed by atoms with Crippen molar-refractivity contribution < 1.29 is 28.7 Å². The van der Waals surface area contributed by atoms with Gasteiger partial charge in [-0.25, -0.2) is 0 Å². The minimum absolute atomic E-state index is 0.0344. The first-order chi connectivity index (χ1) is 11.9. The van der Waals surface area contributed by atoms with Crippen LogP contribution in [0.2, 0.25) is 0 Å². The van der Waals surface area contributed by atoms with Crippen LogP contribution in [0.4, 0.5) is 11.4 Å². The lowest BCUT2D eigenvalue weighted by Gasteiger charge is -2.20. The van der Waals surface area contributed by atoms with Crippen molar-refractivity contribution in [3.05, 3.63) is 34.4 Å². The highest BCUT2D eigenvalue weighted by molar-refractivity contribution is 5.71. The van der Waals surface area contributed by atoms with E-state index in [1.807, 2.05) is 0 Å². The molecule has 0 amide bonds. The summed E-state index contributed by atoms with van der Waals surface area (Å²) >= 11 is 0. The van der Waals surface area contributed by atoms with E-state index in [1.54, 1.807) is 0 Å². The Balaban J connectivity index is 1.99. The molecule has 2 rings (SSSR count). The summed E-state index contributed by atoms with van der Waals surface area (Å²) in [6.45, 7) is 2.57. The molecule has 1 fully saturated rings. The first kappa shape index (κ1) is 18.3. The average Bonchev–Trinajstić information content (AvgIpc) is 2.89. The van der Waals surface area contributed by atoms with Crippen LogP contribution in [0.25, 0.3) is 0 Å². The molecule has 3 atom stereocenters. The van der Waals surface area contributed by atoms with Gasteiger partial charge in [0.25, 0.3) is 5.69 Å². The number of nitrogens with one attached hydrogen (secondary N) is 1. The fraction of sp³-hybridized carbons (Fsp3) is 0.400. The summed E-state index contributed by atoms with van der Waals surface area (Å²) in [4.78, 5) is 32.4. The first-order valence-electron chi connectivity index (χ1n) is 7.36. The topological polar surface area (TPSA) is 129 Å². The van der Waals surface area contributed by atoms with E-state index in [4.69, 9.17) is 14.2 Å². The van der Waals surface area contributed by atoms with Crippen LogP contribution in [0, 0.1) is 10.1 Å².